The highest BCUT2D eigenvalue weighted by Crippen LogP contribution is 2.20. The number of hydrogen-bond acceptors (Lipinski definition) is 5. The molecule has 32 heavy (non-hydrogen) atoms. The molecule has 0 aliphatic carbocycles. The first-order valence-electron chi connectivity index (χ1n) is 10.0. The van der Waals surface area contributed by atoms with Crippen molar-refractivity contribution in [2.45, 2.75) is 24.1 Å². The van der Waals surface area contributed by atoms with Crippen molar-refractivity contribution in [2.24, 2.45) is 0 Å². The van der Waals surface area contributed by atoms with Gasteiger partial charge in [0, 0.05) is 33.1 Å². The molecule has 2 aromatic rings. The van der Waals surface area contributed by atoms with Crippen molar-refractivity contribution in [3.05, 3.63) is 64.7 Å². The second kappa shape index (κ2) is 9.70. The predicted molar refractivity (Wildman–Crippen MR) is 120 cm³/mol. The van der Waals surface area contributed by atoms with Crippen LogP contribution >= 0.6 is 11.6 Å². The second-order valence-electron chi connectivity index (χ2n) is 7.52. The molecule has 1 heterocycles. The Kier molecular flexibility index (Phi) is 7.20. The van der Waals surface area contributed by atoms with Gasteiger partial charge in [-0.25, -0.2) is 8.42 Å². The van der Waals surface area contributed by atoms with E-state index in [1.807, 2.05) is 6.92 Å². The summed E-state index contributed by atoms with van der Waals surface area (Å²) in [7, 11) is -4.26. The highest BCUT2D eigenvalue weighted by Gasteiger charge is 2.39. The van der Waals surface area contributed by atoms with Gasteiger partial charge in [-0.3, -0.25) is 14.4 Å². The van der Waals surface area contributed by atoms with Gasteiger partial charge in [0.1, 0.15) is 0 Å². The number of carbonyl (C=O) groups excluding carboxylic acids is 3. The van der Waals surface area contributed by atoms with Crippen LogP contribution in [0, 0.1) is 6.92 Å². The van der Waals surface area contributed by atoms with E-state index in [1.165, 1.54) is 36.1 Å². The van der Waals surface area contributed by atoms with Crippen LogP contribution in [0.5, 0.6) is 0 Å². The van der Waals surface area contributed by atoms with E-state index in [9.17, 15) is 22.8 Å². The average molecular weight is 478 g/mol. The van der Waals surface area contributed by atoms with Crippen LogP contribution in [-0.4, -0.2) is 67.5 Å². The van der Waals surface area contributed by atoms with E-state index in [-0.39, 0.29) is 47.6 Å². The minimum absolute atomic E-state index is 0.0625. The molecule has 1 saturated heterocycles. The summed E-state index contributed by atoms with van der Waals surface area (Å²) in [4.78, 5) is 40.6. The first-order chi connectivity index (χ1) is 15.1. The number of halogens is 1. The molecule has 0 saturated carbocycles. The van der Waals surface area contributed by atoms with E-state index in [2.05, 4.69) is 5.32 Å². The maximum atomic E-state index is 13.4. The molecule has 1 aliphatic heterocycles. The van der Waals surface area contributed by atoms with Gasteiger partial charge in [0.05, 0.1) is 15.5 Å². The molecule has 0 bridgehead atoms. The fourth-order valence-corrected chi connectivity index (χ4v) is 5.07. The summed E-state index contributed by atoms with van der Waals surface area (Å²) in [5, 5.41) is 0.678. The number of aryl methyl sites for hydroxylation is 1. The molecule has 8 nitrogen and oxygen atoms in total. The normalized spacial score (nSPS) is 15.2. The Bertz CT molecular complexity index is 1130. The minimum Gasteiger partial charge on any atom is -0.339 e. The Morgan fingerprint density at radius 3 is 2.06 bits per heavy atom. The van der Waals surface area contributed by atoms with E-state index in [1.54, 1.807) is 29.2 Å². The number of carbonyl (C=O) groups is 3. The van der Waals surface area contributed by atoms with Crippen LogP contribution in [0.2, 0.25) is 5.02 Å². The summed E-state index contributed by atoms with van der Waals surface area (Å²) in [6, 6.07) is 12.2. The molecule has 170 valence electrons. The van der Waals surface area contributed by atoms with E-state index in [0.29, 0.717) is 0 Å². The van der Waals surface area contributed by atoms with Gasteiger partial charge in [-0.15, -0.1) is 0 Å². The largest absolute Gasteiger partial charge is 0.339 e. The standard InChI is InChI=1S/C22H24ClN3O5S/c1-15-7-9-17(10-8-15)32(30,31)21(24-20(28)18-5-3-4-6-19(18)23)22(29)26-13-11-25(12-14-26)16(2)27/h3-10,21H,11-14H2,1-2H3,(H,24,28)/t21-/m1/s1. The molecule has 1 fully saturated rings. The van der Waals surface area contributed by atoms with E-state index in [0.717, 1.165) is 5.56 Å². The smallest absolute Gasteiger partial charge is 0.261 e. The highest BCUT2D eigenvalue weighted by atomic mass is 35.5. The molecule has 0 unspecified atom stereocenters. The first-order valence-corrected chi connectivity index (χ1v) is 11.9. The molecule has 2 aromatic carbocycles. The van der Waals surface area contributed by atoms with Crippen LogP contribution in [0.25, 0.3) is 0 Å². The maximum absolute atomic E-state index is 13.4. The first kappa shape index (κ1) is 23.7. The van der Waals surface area contributed by atoms with Crippen molar-refractivity contribution >= 4 is 39.2 Å². The molecule has 0 aromatic heterocycles. The molecular weight excluding hydrogens is 454 g/mol. The van der Waals surface area contributed by atoms with Gasteiger partial charge in [0.25, 0.3) is 11.8 Å². The zero-order valence-corrected chi connectivity index (χ0v) is 19.3. The number of nitrogens with zero attached hydrogens (tertiary/aromatic N) is 2. The van der Waals surface area contributed by atoms with Crippen LogP contribution in [0.4, 0.5) is 0 Å². The Labute approximate surface area is 192 Å². The summed E-state index contributed by atoms with van der Waals surface area (Å²) in [5.41, 5.74) is 0.916. The van der Waals surface area contributed by atoms with Crippen LogP contribution in [0.15, 0.2) is 53.4 Å². The summed E-state index contributed by atoms with van der Waals surface area (Å²) in [6.45, 7) is 4.16. The second-order valence-corrected chi connectivity index (χ2v) is 9.96. The number of rotatable bonds is 5. The summed E-state index contributed by atoms with van der Waals surface area (Å²) in [6.07, 6.45) is 0. The van der Waals surface area contributed by atoms with Gasteiger partial charge in [-0.1, -0.05) is 41.4 Å². The minimum atomic E-state index is -4.26. The van der Waals surface area contributed by atoms with Crippen molar-refractivity contribution in [1.82, 2.24) is 15.1 Å². The summed E-state index contributed by atoms with van der Waals surface area (Å²) >= 11 is 6.08. The van der Waals surface area contributed by atoms with E-state index < -0.39 is 27.0 Å². The van der Waals surface area contributed by atoms with Crippen molar-refractivity contribution in [2.75, 3.05) is 26.2 Å². The lowest BCUT2D eigenvalue weighted by Crippen LogP contribution is -2.57. The monoisotopic (exact) mass is 477 g/mol. The number of sulfone groups is 1. The Hall–Kier alpha value is -2.91. The summed E-state index contributed by atoms with van der Waals surface area (Å²) < 4.78 is 26.8. The highest BCUT2D eigenvalue weighted by molar-refractivity contribution is 7.92. The molecule has 10 heteroatoms. The third-order valence-electron chi connectivity index (χ3n) is 5.30. The molecule has 1 atom stereocenters. The van der Waals surface area contributed by atoms with Crippen molar-refractivity contribution in [3.63, 3.8) is 0 Å². The molecule has 1 aliphatic rings. The van der Waals surface area contributed by atoms with Gasteiger partial charge >= 0.3 is 0 Å². The lowest BCUT2D eigenvalue weighted by atomic mass is 10.2. The van der Waals surface area contributed by atoms with Crippen LogP contribution in [0.3, 0.4) is 0 Å². The molecule has 0 radical (unpaired) electrons. The number of piperazine rings is 1. The Balaban J connectivity index is 1.93. The van der Waals surface area contributed by atoms with Crippen LogP contribution < -0.4 is 5.32 Å². The van der Waals surface area contributed by atoms with E-state index >= 15 is 0 Å². The third kappa shape index (κ3) is 5.11. The SMILES string of the molecule is CC(=O)N1CCN(C(=O)[C@H](NC(=O)c2ccccc2Cl)S(=O)(=O)c2ccc(C)cc2)CC1. The van der Waals surface area contributed by atoms with Gasteiger partial charge in [-0.2, -0.15) is 0 Å². The lowest BCUT2D eigenvalue weighted by molar-refractivity contribution is -0.138. The number of hydrogen-bond donors (Lipinski definition) is 1. The number of benzene rings is 2. The Morgan fingerprint density at radius 2 is 1.50 bits per heavy atom. The van der Waals surface area contributed by atoms with Crippen LogP contribution in [-0.2, 0) is 19.4 Å². The van der Waals surface area contributed by atoms with Gasteiger partial charge in [-0.05, 0) is 31.2 Å². The number of nitrogens with one attached hydrogen (secondary N) is 1. The average Bonchev–Trinajstić information content (AvgIpc) is 2.77. The van der Waals surface area contributed by atoms with Crippen molar-refractivity contribution in [3.8, 4) is 0 Å². The quantitative estimate of drug-likeness (QED) is 0.708. The summed E-state index contributed by atoms with van der Waals surface area (Å²) in [5.74, 6) is -1.64. The van der Waals surface area contributed by atoms with Crippen LogP contribution in [0.1, 0.15) is 22.8 Å². The topological polar surface area (TPSA) is 104 Å². The zero-order chi connectivity index (χ0) is 23.5. The fraction of sp³-hybridized carbons (Fsp3) is 0.318. The maximum Gasteiger partial charge on any atom is 0.261 e. The van der Waals surface area contributed by atoms with Gasteiger partial charge in [0.15, 0.2) is 0 Å². The predicted octanol–water partition coefficient (Wildman–Crippen LogP) is 1.87. The van der Waals surface area contributed by atoms with Gasteiger partial charge < -0.3 is 15.1 Å². The molecule has 1 N–H and O–H groups in total. The van der Waals surface area contributed by atoms with E-state index in [4.69, 9.17) is 11.6 Å². The Morgan fingerprint density at radius 1 is 0.938 bits per heavy atom. The third-order valence-corrected chi connectivity index (χ3v) is 7.50. The molecule has 0 spiro atoms. The number of amides is 3. The van der Waals surface area contributed by atoms with Crippen molar-refractivity contribution < 1.29 is 22.8 Å². The molecule has 3 amide bonds. The lowest BCUT2D eigenvalue weighted by Gasteiger charge is -2.36. The molecule has 3 rings (SSSR count). The zero-order valence-electron chi connectivity index (χ0n) is 17.7. The van der Waals surface area contributed by atoms with Crippen molar-refractivity contribution in [1.29, 1.82) is 0 Å². The fourth-order valence-electron chi connectivity index (χ4n) is 3.39. The van der Waals surface area contributed by atoms with Gasteiger partial charge in [0.2, 0.25) is 21.1 Å². The molecular formula is C22H24ClN3O5S.